The molecular formula is C14H21F2NO3S. The highest BCUT2D eigenvalue weighted by molar-refractivity contribution is 7.89. The summed E-state index contributed by atoms with van der Waals surface area (Å²) in [5, 5.41) is 8.48. The molecule has 0 heterocycles. The Kier molecular flexibility index (Phi) is 5.13. The van der Waals surface area contributed by atoms with Crippen LogP contribution in [0.25, 0.3) is 0 Å². The molecule has 4 nitrogen and oxygen atoms in total. The third-order valence-electron chi connectivity index (χ3n) is 3.10. The van der Waals surface area contributed by atoms with Crippen LogP contribution >= 0.6 is 0 Å². The minimum atomic E-state index is -4.06. The molecule has 1 rings (SSSR count). The van der Waals surface area contributed by atoms with Gasteiger partial charge in [0.2, 0.25) is 10.0 Å². The van der Waals surface area contributed by atoms with E-state index in [1.807, 2.05) is 31.6 Å². The molecule has 0 fully saturated rings. The standard InChI is InChI=1S/C14H21F2NO3S/c1-10-5-6-11(13(2,3)4)7-12(10)21(19,20)17-8-14(15,16)9-18/h5-7,17-18H,8-9H2,1-4H3. The van der Waals surface area contributed by atoms with Crippen molar-refractivity contribution in [3.05, 3.63) is 29.3 Å². The molecule has 1 aromatic rings. The number of sulfonamides is 1. The first-order valence-electron chi connectivity index (χ1n) is 6.48. The number of hydrogen-bond acceptors (Lipinski definition) is 3. The fourth-order valence-corrected chi connectivity index (χ4v) is 3.02. The topological polar surface area (TPSA) is 66.4 Å². The van der Waals surface area contributed by atoms with E-state index in [-0.39, 0.29) is 10.3 Å². The van der Waals surface area contributed by atoms with Gasteiger partial charge in [-0.25, -0.2) is 21.9 Å². The van der Waals surface area contributed by atoms with Crippen LogP contribution in [0.1, 0.15) is 31.9 Å². The van der Waals surface area contributed by atoms with Crippen molar-refractivity contribution in [1.82, 2.24) is 4.72 Å². The average molecular weight is 321 g/mol. The zero-order chi connectivity index (χ0) is 16.5. The second-order valence-corrected chi connectivity index (χ2v) is 7.80. The number of aliphatic hydroxyl groups is 1. The molecule has 0 radical (unpaired) electrons. The van der Waals surface area contributed by atoms with E-state index >= 15 is 0 Å². The van der Waals surface area contributed by atoms with Gasteiger partial charge in [-0.3, -0.25) is 0 Å². The molecule has 0 saturated carbocycles. The van der Waals surface area contributed by atoms with Crippen LogP contribution in [-0.4, -0.2) is 32.6 Å². The number of alkyl halides is 2. The van der Waals surface area contributed by atoms with Crippen molar-refractivity contribution in [2.45, 2.75) is 43.9 Å². The third kappa shape index (κ3) is 4.72. The van der Waals surface area contributed by atoms with Crippen LogP contribution in [-0.2, 0) is 15.4 Å². The number of aliphatic hydroxyl groups excluding tert-OH is 1. The predicted octanol–water partition coefficient (Wildman–Crippen LogP) is 2.20. The second kappa shape index (κ2) is 5.98. The van der Waals surface area contributed by atoms with Crippen molar-refractivity contribution in [1.29, 1.82) is 0 Å². The lowest BCUT2D eigenvalue weighted by atomic mass is 9.87. The molecule has 0 atom stereocenters. The van der Waals surface area contributed by atoms with Crippen LogP contribution in [0.5, 0.6) is 0 Å². The first-order chi connectivity index (χ1) is 9.39. The zero-order valence-electron chi connectivity index (χ0n) is 12.6. The summed E-state index contributed by atoms with van der Waals surface area (Å²) in [5.41, 5.74) is 1.01. The first-order valence-corrected chi connectivity index (χ1v) is 7.97. The Balaban J connectivity index is 3.14. The van der Waals surface area contributed by atoms with Gasteiger partial charge in [-0.05, 0) is 29.5 Å². The highest BCUT2D eigenvalue weighted by Crippen LogP contribution is 2.26. The minimum Gasteiger partial charge on any atom is -0.390 e. The maximum Gasteiger partial charge on any atom is 0.283 e. The molecule has 0 aliphatic rings. The van der Waals surface area contributed by atoms with E-state index in [0.29, 0.717) is 5.56 Å². The molecule has 120 valence electrons. The zero-order valence-corrected chi connectivity index (χ0v) is 13.4. The minimum absolute atomic E-state index is 0.0244. The van der Waals surface area contributed by atoms with Crippen LogP contribution in [0, 0.1) is 6.92 Å². The number of nitrogens with one attached hydrogen (secondary N) is 1. The van der Waals surface area contributed by atoms with E-state index < -0.39 is 29.1 Å². The van der Waals surface area contributed by atoms with Gasteiger partial charge in [-0.2, -0.15) is 0 Å². The van der Waals surface area contributed by atoms with Crippen molar-refractivity contribution < 1.29 is 22.3 Å². The predicted molar refractivity (Wildman–Crippen MR) is 77.1 cm³/mol. The van der Waals surface area contributed by atoms with E-state index in [2.05, 4.69) is 0 Å². The molecule has 0 aliphatic heterocycles. The van der Waals surface area contributed by atoms with Crippen molar-refractivity contribution >= 4 is 10.0 Å². The fourth-order valence-electron chi connectivity index (χ4n) is 1.69. The monoisotopic (exact) mass is 321 g/mol. The van der Waals surface area contributed by atoms with E-state index in [1.54, 1.807) is 13.0 Å². The molecule has 0 aromatic heterocycles. The number of halogens is 2. The van der Waals surface area contributed by atoms with E-state index in [9.17, 15) is 17.2 Å². The van der Waals surface area contributed by atoms with Gasteiger partial charge >= 0.3 is 0 Å². The Labute approximate surface area is 124 Å². The number of hydrogen-bond donors (Lipinski definition) is 2. The molecule has 0 aliphatic carbocycles. The molecule has 0 unspecified atom stereocenters. The van der Waals surface area contributed by atoms with Crippen molar-refractivity contribution in [2.24, 2.45) is 0 Å². The molecule has 21 heavy (non-hydrogen) atoms. The van der Waals surface area contributed by atoms with Crippen LogP contribution in [0.4, 0.5) is 8.78 Å². The molecule has 2 N–H and O–H groups in total. The summed E-state index contributed by atoms with van der Waals surface area (Å²) in [6.07, 6.45) is 0. The SMILES string of the molecule is Cc1ccc(C(C)(C)C)cc1S(=O)(=O)NCC(F)(F)CO. The highest BCUT2D eigenvalue weighted by Gasteiger charge is 2.31. The van der Waals surface area contributed by atoms with Crippen LogP contribution in [0.2, 0.25) is 0 Å². The quantitative estimate of drug-likeness (QED) is 0.874. The number of rotatable bonds is 5. The molecular weight excluding hydrogens is 300 g/mol. The van der Waals surface area contributed by atoms with Crippen LogP contribution in [0.15, 0.2) is 23.1 Å². The van der Waals surface area contributed by atoms with Gasteiger partial charge in [0, 0.05) is 0 Å². The Morgan fingerprint density at radius 1 is 1.24 bits per heavy atom. The Hall–Kier alpha value is -1.05. The van der Waals surface area contributed by atoms with Crippen molar-refractivity contribution in [3.63, 3.8) is 0 Å². The van der Waals surface area contributed by atoms with Gasteiger partial charge in [0.05, 0.1) is 11.4 Å². The summed E-state index contributed by atoms with van der Waals surface area (Å²) in [6, 6.07) is 4.96. The van der Waals surface area contributed by atoms with E-state index in [4.69, 9.17) is 5.11 Å². The third-order valence-corrected chi connectivity index (χ3v) is 4.64. The second-order valence-electron chi connectivity index (χ2n) is 6.07. The van der Waals surface area contributed by atoms with Gasteiger partial charge in [0.15, 0.2) is 0 Å². The van der Waals surface area contributed by atoms with E-state index in [1.165, 1.54) is 6.07 Å². The van der Waals surface area contributed by atoms with E-state index in [0.717, 1.165) is 5.56 Å². The lowest BCUT2D eigenvalue weighted by molar-refractivity contribution is -0.0437. The Bertz CT molecular complexity index is 607. The fraction of sp³-hybridized carbons (Fsp3) is 0.571. The molecule has 0 saturated heterocycles. The molecule has 7 heteroatoms. The summed E-state index contributed by atoms with van der Waals surface area (Å²) < 4.78 is 52.2. The van der Waals surface area contributed by atoms with Gasteiger partial charge in [0.25, 0.3) is 5.92 Å². The number of benzene rings is 1. The summed E-state index contributed by atoms with van der Waals surface area (Å²) in [7, 11) is -4.06. The smallest absolute Gasteiger partial charge is 0.283 e. The first kappa shape index (κ1) is 18.0. The molecule has 0 amide bonds. The summed E-state index contributed by atoms with van der Waals surface area (Å²) in [5.74, 6) is -3.48. The normalized spacial score (nSPS) is 13.5. The summed E-state index contributed by atoms with van der Waals surface area (Å²) >= 11 is 0. The maximum absolute atomic E-state index is 13.0. The van der Waals surface area contributed by atoms with Gasteiger partial charge in [-0.1, -0.05) is 32.9 Å². The van der Waals surface area contributed by atoms with Gasteiger partial charge in [-0.15, -0.1) is 0 Å². The largest absolute Gasteiger partial charge is 0.390 e. The molecule has 0 bridgehead atoms. The highest BCUT2D eigenvalue weighted by atomic mass is 32.2. The molecule has 1 aromatic carbocycles. The van der Waals surface area contributed by atoms with Crippen LogP contribution in [0.3, 0.4) is 0 Å². The van der Waals surface area contributed by atoms with Gasteiger partial charge < -0.3 is 5.11 Å². The van der Waals surface area contributed by atoms with Crippen molar-refractivity contribution in [3.8, 4) is 0 Å². The lowest BCUT2D eigenvalue weighted by Crippen LogP contribution is -2.39. The Morgan fingerprint density at radius 3 is 2.29 bits per heavy atom. The van der Waals surface area contributed by atoms with Crippen molar-refractivity contribution in [2.75, 3.05) is 13.2 Å². The maximum atomic E-state index is 13.0. The summed E-state index contributed by atoms with van der Waals surface area (Å²) in [6.45, 7) is 4.86. The Morgan fingerprint density at radius 2 is 1.81 bits per heavy atom. The lowest BCUT2D eigenvalue weighted by Gasteiger charge is -2.21. The molecule has 0 spiro atoms. The average Bonchev–Trinajstić information content (AvgIpc) is 2.35. The number of aryl methyl sites for hydroxylation is 1. The summed E-state index contributed by atoms with van der Waals surface area (Å²) in [4.78, 5) is -0.0244. The van der Waals surface area contributed by atoms with Gasteiger partial charge in [0.1, 0.15) is 6.61 Å². The van der Waals surface area contributed by atoms with Crippen LogP contribution < -0.4 is 4.72 Å².